The van der Waals surface area contributed by atoms with Gasteiger partial charge in [0.15, 0.2) is 11.6 Å². The number of rotatable bonds is 5. The fraction of sp³-hybridized carbons (Fsp3) is 0. The van der Waals surface area contributed by atoms with E-state index in [2.05, 4.69) is 30.5 Å². The van der Waals surface area contributed by atoms with Crippen LogP contribution in [0.1, 0.15) is 11.4 Å². The standard InChI is InChI=1S/C19H15N7OS/c20-17-25-26-19(28-17)24-18-22-15(11-10-12-6-2-1-3-7-12)21-16(23-18)13-8-4-5-9-14(13)27/h1-11,27H,(H2,20,25)(H,21,22,23,24,26)/b11-10+. The normalized spacial score (nSPS) is 11.0. The van der Waals surface area contributed by atoms with Crippen LogP contribution in [0.25, 0.3) is 23.5 Å². The summed E-state index contributed by atoms with van der Waals surface area (Å²) in [7, 11) is 0. The van der Waals surface area contributed by atoms with Crippen LogP contribution in [0.5, 0.6) is 5.75 Å². The highest BCUT2D eigenvalue weighted by atomic mass is 32.1. The van der Waals surface area contributed by atoms with Crippen LogP contribution in [-0.4, -0.2) is 30.3 Å². The van der Waals surface area contributed by atoms with E-state index in [0.717, 1.165) is 5.56 Å². The highest BCUT2D eigenvalue weighted by molar-refractivity contribution is 7.18. The average Bonchev–Trinajstić information content (AvgIpc) is 3.12. The van der Waals surface area contributed by atoms with Crippen LogP contribution in [0, 0.1) is 0 Å². The van der Waals surface area contributed by atoms with E-state index in [-0.39, 0.29) is 11.7 Å². The van der Waals surface area contributed by atoms with Crippen molar-refractivity contribution in [3.8, 4) is 17.1 Å². The van der Waals surface area contributed by atoms with Gasteiger partial charge in [-0.1, -0.05) is 59.9 Å². The quantitative estimate of drug-likeness (QED) is 0.473. The molecule has 4 rings (SSSR count). The van der Waals surface area contributed by atoms with Crippen molar-refractivity contribution in [2.24, 2.45) is 0 Å². The Balaban J connectivity index is 1.74. The number of nitrogens with two attached hydrogens (primary N) is 1. The van der Waals surface area contributed by atoms with Crippen LogP contribution in [0.4, 0.5) is 16.2 Å². The molecule has 0 amide bonds. The summed E-state index contributed by atoms with van der Waals surface area (Å²) < 4.78 is 0. The van der Waals surface area contributed by atoms with Crippen LogP contribution in [0.2, 0.25) is 0 Å². The third kappa shape index (κ3) is 4.10. The molecule has 0 atom stereocenters. The van der Waals surface area contributed by atoms with Crippen molar-refractivity contribution in [3.63, 3.8) is 0 Å². The molecule has 2 heterocycles. The molecule has 0 aliphatic heterocycles. The summed E-state index contributed by atoms with van der Waals surface area (Å²) in [6, 6.07) is 16.7. The number of nitrogens with zero attached hydrogens (tertiary/aromatic N) is 5. The number of benzene rings is 2. The second kappa shape index (κ2) is 7.80. The highest BCUT2D eigenvalue weighted by Gasteiger charge is 2.12. The first-order valence-corrected chi connectivity index (χ1v) is 9.12. The Morgan fingerprint density at radius 1 is 0.893 bits per heavy atom. The van der Waals surface area contributed by atoms with E-state index in [9.17, 15) is 5.11 Å². The van der Waals surface area contributed by atoms with Crippen molar-refractivity contribution in [2.75, 3.05) is 11.1 Å². The lowest BCUT2D eigenvalue weighted by atomic mass is 10.2. The smallest absolute Gasteiger partial charge is 0.233 e. The Hall–Kier alpha value is -3.85. The maximum Gasteiger partial charge on any atom is 0.233 e. The lowest BCUT2D eigenvalue weighted by molar-refractivity contribution is 0.477. The van der Waals surface area contributed by atoms with Gasteiger partial charge in [-0.05, 0) is 23.8 Å². The summed E-state index contributed by atoms with van der Waals surface area (Å²) in [6.07, 6.45) is 3.68. The van der Waals surface area contributed by atoms with Gasteiger partial charge >= 0.3 is 0 Å². The summed E-state index contributed by atoms with van der Waals surface area (Å²) >= 11 is 1.18. The van der Waals surface area contributed by atoms with Crippen LogP contribution >= 0.6 is 11.3 Å². The first-order chi connectivity index (χ1) is 13.7. The molecule has 0 spiro atoms. The predicted molar refractivity (Wildman–Crippen MR) is 110 cm³/mol. The van der Waals surface area contributed by atoms with E-state index in [1.807, 2.05) is 36.4 Å². The number of aromatic nitrogens is 5. The Bertz CT molecular complexity index is 1130. The minimum absolute atomic E-state index is 0.0813. The third-order valence-electron chi connectivity index (χ3n) is 3.68. The van der Waals surface area contributed by atoms with Gasteiger partial charge in [0.2, 0.25) is 16.2 Å². The Morgan fingerprint density at radius 3 is 2.43 bits per heavy atom. The molecular formula is C19H15N7OS. The zero-order valence-electron chi connectivity index (χ0n) is 14.5. The second-order valence-electron chi connectivity index (χ2n) is 5.67. The molecular weight excluding hydrogens is 374 g/mol. The van der Waals surface area contributed by atoms with Gasteiger partial charge in [0.1, 0.15) is 5.75 Å². The van der Waals surface area contributed by atoms with Gasteiger partial charge in [0.25, 0.3) is 0 Å². The van der Waals surface area contributed by atoms with Crippen LogP contribution in [0.15, 0.2) is 54.6 Å². The maximum absolute atomic E-state index is 10.2. The van der Waals surface area contributed by atoms with Crippen molar-refractivity contribution in [2.45, 2.75) is 0 Å². The molecule has 2 aromatic carbocycles. The van der Waals surface area contributed by atoms with Gasteiger partial charge in [-0.3, -0.25) is 5.32 Å². The molecule has 8 nitrogen and oxygen atoms in total. The Morgan fingerprint density at radius 2 is 1.68 bits per heavy atom. The SMILES string of the molecule is Nc1nnc(Nc2nc(/C=C/c3ccccc3)nc(-c3ccccc3O)n2)s1. The number of hydrogen-bond acceptors (Lipinski definition) is 9. The second-order valence-corrected chi connectivity index (χ2v) is 6.68. The summed E-state index contributed by atoms with van der Waals surface area (Å²) in [5, 5.41) is 21.6. The molecule has 2 aromatic heterocycles. The lowest BCUT2D eigenvalue weighted by Crippen LogP contribution is -2.03. The zero-order valence-corrected chi connectivity index (χ0v) is 15.3. The van der Waals surface area contributed by atoms with E-state index in [1.165, 1.54) is 11.3 Å². The number of para-hydroxylation sites is 1. The molecule has 0 unspecified atom stereocenters. The molecule has 138 valence electrons. The number of nitrogens with one attached hydrogen (secondary N) is 1. The van der Waals surface area contributed by atoms with Crippen molar-refractivity contribution in [1.29, 1.82) is 0 Å². The predicted octanol–water partition coefficient (Wildman–Crippen LogP) is 3.59. The molecule has 0 bridgehead atoms. The van der Waals surface area contributed by atoms with Gasteiger partial charge in [-0.15, -0.1) is 10.2 Å². The maximum atomic E-state index is 10.2. The molecule has 0 saturated heterocycles. The first kappa shape index (κ1) is 17.6. The minimum atomic E-state index is 0.0813. The molecule has 9 heteroatoms. The fourth-order valence-electron chi connectivity index (χ4n) is 2.42. The number of nitrogen functional groups attached to an aromatic ring is 1. The van der Waals surface area contributed by atoms with Gasteiger partial charge in [-0.2, -0.15) is 9.97 Å². The van der Waals surface area contributed by atoms with Gasteiger partial charge < -0.3 is 10.8 Å². The molecule has 0 aliphatic carbocycles. The van der Waals surface area contributed by atoms with E-state index in [1.54, 1.807) is 30.3 Å². The van der Waals surface area contributed by atoms with E-state index < -0.39 is 0 Å². The van der Waals surface area contributed by atoms with Crippen molar-refractivity contribution < 1.29 is 5.11 Å². The van der Waals surface area contributed by atoms with Crippen LogP contribution in [0.3, 0.4) is 0 Å². The number of hydrogen-bond donors (Lipinski definition) is 3. The van der Waals surface area contributed by atoms with Crippen molar-refractivity contribution in [3.05, 3.63) is 66.0 Å². The van der Waals surface area contributed by atoms with Crippen LogP contribution < -0.4 is 11.1 Å². The van der Waals surface area contributed by atoms with Crippen molar-refractivity contribution >= 4 is 39.7 Å². The fourth-order valence-corrected chi connectivity index (χ4v) is 2.93. The van der Waals surface area contributed by atoms with E-state index in [4.69, 9.17) is 5.73 Å². The summed E-state index contributed by atoms with van der Waals surface area (Å²) in [4.78, 5) is 13.3. The van der Waals surface area contributed by atoms with E-state index in [0.29, 0.717) is 27.5 Å². The lowest BCUT2D eigenvalue weighted by Gasteiger charge is -2.07. The minimum Gasteiger partial charge on any atom is -0.507 e. The monoisotopic (exact) mass is 389 g/mol. The number of phenols is 1. The molecule has 4 aromatic rings. The third-order valence-corrected chi connectivity index (χ3v) is 4.35. The molecule has 0 fully saturated rings. The Labute approximate surface area is 164 Å². The zero-order chi connectivity index (χ0) is 19.3. The van der Waals surface area contributed by atoms with E-state index >= 15 is 0 Å². The molecule has 28 heavy (non-hydrogen) atoms. The van der Waals surface area contributed by atoms with Crippen molar-refractivity contribution in [1.82, 2.24) is 25.1 Å². The largest absolute Gasteiger partial charge is 0.507 e. The molecule has 0 aliphatic rings. The number of anilines is 3. The van der Waals surface area contributed by atoms with Gasteiger partial charge in [0, 0.05) is 0 Å². The number of aromatic hydroxyl groups is 1. The topological polar surface area (TPSA) is 123 Å². The van der Waals surface area contributed by atoms with Gasteiger partial charge in [0.05, 0.1) is 5.56 Å². The molecule has 4 N–H and O–H groups in total. The highest BCUT2D eigenvalue weighted by Crippen LogP contribution is 2.27. The summed E-state index contributed by atoms with van der Waals surface area (Å²) in [6.45, 7) is 0. The van der Waals surface area contributed by atoms with Gasteiger partial charge in [-0.25, -0.2) is 4.98 Å². The first-order valence-electron chi connectivity index (χ1n) is 8.31. The summed E-state index contributed by atoms with van der Waals surface area (Å²) in [5.74, 6) is 1.12. The Kier molecular flexibility index (Phi) is 4.89. The molecule has 0 saturated carbocycles. The van der Waals surface area contributed by atoms with Crippen LogP contribution in [-0.2, 0) is 0 Å². The summed E-state index contributed by atoms with van der Waals surface area (Å²) in [5.41, 5.74) is 7.13. The number of phenolic OH excluding ortho intramolecular Hbond substituents is 1. The molecule has 0 radical (unpaired) electrons. The average molecular weight is 389 g/mol.